The van der Waals surface area contributed by atoms with Crippen molar-refractivity contribution in [3.8, 4) is 0 Å². The highest BCUT2D eigenvalue weighted by Crippen LogP contribution is 2.25. The van der Waals surface area contributed by atoms with Crippen molar-refractivity contribution in [2.75, 3.05) is 6.54 Å². The number of aliphatic hydroxyl groups excluding tert-OH is 1. The van der Waals surface area contributed by atoms with Gasteiger partial charge >= 0.3 is 0 Å². The molecule has 3 heterocycles. The number of aliphatic hydroxyl groups is 1. The van der Waals surface area contributed by atoms with E-state index in [1.807, 2.05) is 30.5 Å². The van der Waals surface area contributed by atoms with Crippen LogP contribution in [0.15, 0.2) is 30.5 Å². The van der Waals surface area contributed by atoms with Gasteiger partial charge in [-0.2, -0.15) is 0 Å². The zero-order valence-corrected chi connectivity index (χ0v) is 15.6. The van der Waals surface area contributed by atoms with Gasteiger partial charge in [-0.1, -0.05) is 18.2 Å². The number of benzene rings is 1. The number of aromatic amines is 1. The lowest BCUT2D eigenvalue weighted by Gasteiger charge is -2.44. The number of hydrogen-bond acceptors (Lipinski definition) is 4. The van der Waals surface area contributed by atoms with Crippen molar-refractivity contribution in [3.05, 3.63) is 36.0 Å². The van der Waals surface area contributed by atoms with Crippen LogP contribution in [0.25, 0.3) is 10.9 Å². The van der Waals surface area contributed by atoms with Crippen molar-refractivity contribution in [1.29, 1.82) is 0 Å². The number of carbonyl (C=O) groups excluding carboxylic acids is 3. The summed E-state index contributed by atoms with van der Waals surface area (Å²) >= 11 is 0. The highest BCUT2D eigenvalue weighted by molar-refractivity contribution is 5.98. The van der Waals surface area contributed by atoms with Gasteiger partial charge in [0.05, 0.1) is 0 Å². The summed E-state index contributed by atoms with van der Waals surface area (Å²) in [5.74, 6) is -0.742. The minimum absolute atomic E-state index is 0.0878. The van der Waals surface area contributed by atoms with Gasteiger partial charge in [0.1, 0.15) is 18.2 Å². The Morgan fingerprint density at radius 1 is 1.36 bits per heavy atom. The van der Waals surface area contributed by atoms with E-state index >= 15 is 0 Å². The van der Waals surface area contributed by atoms with Crippen LogP contribution in [0.2, 0.25) is 0 Å². The second-order valence-electron chi connectivity index (χ2n) is 7.58. The van der Waals surface area contributed by atoms with E-state index in [0.717, 1.165) is 16.5 Å². The molecule has 1 aromatic heterocycles. The van der Waals surface area contributed by atoms with E-state index in [1.54, 1.807) is 4.90 Å². The molecular formula is C20H24N4O4. The normalized spacial score (nSPS) is 25.9. The fourth-order valence-corrected chi connectivity index (χ4v) is 4.12. The first-order valence-electron chi connectivity index (χ1n) is 9.58. The molecule has 2 aliphatic heterocycles. The SMILES string of the molecule is CC(O)C(=O)NC1CCN2C(=O)C(Cc3c[nH]c4ccccc34)NC(=O)C2C1. The minimum atomic E-state index is -1.10. The number of amides is 3. The van der Waals surface area contributed by atoms with E-state index in [1.165, 1.54) is 6.92 Å². The predicted molar refractivity (Wildman–Crippen MR) is 102 cm³/mol. The van der Waals surface area contributed by atoms with E-state index in [-0.39, 0.29) is 17.9 Å². The van der Waals surface area contributed by atoms with Gasteiger partial charge in [0.2, 0.25) is 17.7 Å². The number of fused-ring (bicyclic) bond motifs is 2. The number of para-hydroxylation sites is 1. The number of piperidine rings is 1. The predicted octanol–water partition coefficient (Wildman–Crippen LogP) is 0.0654. The molecule has 0 radical (unpaired) electrons. The minimum Gasteiger partial charge on any atom is -0.384 e. The lowest BCUT2D eigenvalue weighted by Crippen LogP contribution is -2.67. The average molecular weight is 384 g/mol. The van der Waals surface area contributed by atoms with E-state index in [9.17, 15) is 19.5 Å². The lowest BCUT2D eigenvalue weighted by atomic mass is 9.91. The van der Waals surface area contributed by atoms with Crippen LogP contribution in [-0.4, -0.2) is 63.5 Å². The van der Waals surface area contributed by atoms with Crippen LogP contribution in [0.4, 0.5) is 0 Å². The number of H-pyrrole nitrogens is 1. The summed E-state index contributed by atoms with van der Waals surface area (Å²) in [7, 11) is 0. The smallest absolute Gasteiger partial charge is 0.248 e. The lowest BCUT2D eigenvalue weighted by molar-refractivity contribution is -0.152. The van der Waals surface area contributed by atoms with Gasteiger partial charge in [-0.05, 0) is 31.4 Å². The van der Waals surface area contributed by atoms with E-state index in [2.05, 4.69) is 15.6 Å². The first-order valence-corrected chi connectivity index (χ1v) is 9.58. The Kier molecular flexibility index (Phi) is 4.80. The molecule has 0 spiro atoms. The molecule has 8 heteroatoms. The Bertz CT molecular complexity index is 922. The molecule has 2 aliphatic rings. The Morgan fingerprint density at radius 2 is 2.14 bits per heavy atom. The summed E-state index contributed by atoms with van der Waals surface area (Å²) in [4.78, 5) is 42.2. The second kappa shape index (κ2) is 7.27. The second-order valence-corrected chi connectivity index (χ2v) is 7.58. The van der Waals surface area contributed by atoms with Crippen molar-refractivity contribution >= 4 is 28.6 Å². The molecule has 4 rings (SSSR count). The number of hydrogen-bond donors (Lipinski definition) is 4. The summed E-state index contributed by atoms with van der Waals surface area (Å²) in [5, 5.41) is 16.0. The summed E-state index contributed by atoms with van der Waals surface area (Å²) in [6.07, 6.45) is 2.14. The molecule has 3 amide bonds. The van der Waals surface area contributed by atoms with Crippen LogP contribution < -0.4 is 10.6 Å². The van der Waals surface area contributed by atoms with Crippen molar-refractivity contribution < 1.29 is 19.5 Å². The third-order valence-corrected chi connectivity index (χ3v) is 5.63. The van der Waals surface area contributed by atoms with Crippen LogP contribution in [0.5, 0.6) is 0 Å². The van der Waals surface area contributed by atoms with Gasteiger partial charge in [-0.15, -0.1) is 0 Å². The van der Waals surface area contributed by atoms with Crippen molar-refractivity contribution in [3.63, 3.8) is 0 Å². The standard InChI is InChI=1S/C20H24N4O4/c1-11(25)18(26)22-13-6-7-24-17(9-13)19(27)23-16(20(24)28)8-12-10-21-15-5-3-2-4-14(12)15/h2-5,10-11,13,16-17,21,25H,6-9H2,1H3,(H,22,26)(H,23,27). The Labute approximate surface area is 162 Å². The van der Waals surface area contributed by atoms with Crippen LogP contribution in [0, 0.1) is 0 Å². The molecule has 2 saturated heterocycles. The largest absolute Gasteiger partial charge is 0.384 e. The molecule has 2 fully saturated rings. The monoisotopic (exact) mass is 384 g/mol. The quantitative estimate of drug-likeness (QED) is 0.597. The fraction of sp³-hybridized carbons (Fsp3) is 0.450. The molecule has 0 saturated carbocycles. The number of rotatable bonds is 4. The van der Waals surface area contributed by atoms with E-state index < -0.39 is 24.1 Å². The maximum absolute atomic E-state index is 13.0. The topological polar surface area (TPSA) is 115 Å². The van der Waals surface area contributed by atoms with Crippen molar-refractivity contribution in [2.45, 2.75) is 50.4 Å². The zero-order valence-electron chi connectivity index (χ0n) is 15.6. The van der Waals surface area contributed by atoms with Gasteiger partial charge in [0, 0.05) is 36.1 Å². The van der Waals surface area contributed by atoms with Crippen molar-refractivity contribution in [2.24, 2.45) is 0 Å². The number of nitrogens with zero attached hydrogens (tertiary/aromatic N) is 1. The van der Waals surface area contributed by atoms with Crippen LogP contribution in [0.1, 0.15) is 25.3 Å². The molecule has 28 heavy (non-hydrogen) atoms. The maximum Gasteiger partial charge on any atom is 0.248 e. The van der Waals surface area contributed by atoms with E-state index in [0.29, 0.717) is 25.8 Å². The maximum atomic E-state index is 13.0. The van der Waals surface area contributed by atoms with Crippen LogP contribution in [-0.2, 0) is 20.8 Å². The molecule has 0 bridgehead atoms. The summed E-state index contributed by atoms with van der Waals surface area (Å²) in [5.41, 5.74) is 1.99. The Morgan fingerprint density at radius 3 is 2.93 bits per heavy atom. The molecule has 8 nitrogen and oxygen atoms in total. The number of piperazine rings is 1. The molecule has 148 valence electrons. The summed E-state index contributed by atoms with van der Waals surface area (Å²) in [6, 6.07) is 6.46. The third-order valence-electron chi connectivity index (χ3n) is 5.63. The fourth-order valence-electron chi connectivity index (χ4n) is 4.12. The van der Waals surface area contributed by atoms with E-state index in [4.69, 9.17) is 0 Å². The molecule has 1 aromatic carbocycles. The third kappa shape index (κ3) is 3.35. The molecular weight excluding hydrogens is 360 g/mol. The number of aromatic nitrogens is 1. The van der Waals surface area contributed by atoms with Gasteiger partial charge in [-0.3, -0.25) is 14.4 Å². The average Bonchev–Trinajstić information content (AvgIpc) is 3.09. The first kappa shape index (κ1) is 18.5. The highest BCUT2D eigenvalue weighted by atomic mass is 16.3. The number of nitrogens with one attached hydrogen (secondary N) is 3. The van der Waals surface area contributed by atoms with Gasteiger partial charge in [0.15, 0.2) is 0 Å². The van der Waals surface area contributed by atoms with Gasteiger partial charge in [0.25, 0.3) is 0 Å². The molecule has 4 unspecified atom stereocenters. The number of carbonyl (C=O) groups is 3. The van der Waals surface area contributed by atoms with Crippen LogP contribution in [0.3, 0.4) is 0 Å². The van der Waals surface area contributed by atoms with Crippen LogP contribution >= 0.6 is 0 Å². The summed E-state index contributed by atoms with van der Waals surface area (Å²) < 4.78 is 0. The molecule has 2 aromatic rings. The molecule has 4 atom stereocenters. The zero-order chi connectivity index (χ0) is 19.8. The van der Waals surface area contributed by atoms with Gasteiger partial charge < -0.3 is 25.6 Å². The highest BCUT2D eigenvalue weighted by Gasteiger charge is 2.44. The Balaban J connectivity index is 1.46. The molecule has 4 N–H and O–H groups in total. The first-order chi connectivity index (χ1) is 13.4. The van der Waals surface area contributed by atoms with Gasteiger partial charge in [-0.25, -0.2) is 0 Å². The molecule has 0 aliphatic carbocycles. The Hall–Kier alpha value is -2.87. The van der Waals surface area contributed by atoms with Crippen molar-refractivity contribution in [1.82, 2.24) is 20.5 Å². The summed E-state index contributed by atoms with van der Waals surface area (Å²) in [6.45, 7) is 1.81.